The Morgan fingerprint density at radius 3 is 2.89 bits per heavy atom. The zero-order chi connectivity index (χ0) is 13.1. The first kappa shape index (κ1) is 12.2. The molecule has 2 aromatic rings. The summed E-state index contributed by atoms with van der Waals surface area (Å²) in [5.74, 6) is 0. The van der Waals surface area contributed by atoms with Crippen molar-refractivity contribution in [3.63, 3.8) is 0 Å². The van der Waals surface area contributed by atoms with Gasteiger partial charge in [0, 0.05) is 13.2 Å². The number of aromatic nitrogens is 2. The van der Waals surface area contributed by atoms with Gasteiger partial charge in [0.1, 0.15) is 6.07 Å². The minimum absolute atomic E-state index is 0.654. The molecule has 0 fully saturated rings. The van der Waals surface area contributed by atoms with Crippen molar-refractivity contribution in [2.75, 3.05) is 5.32 Å². The summed E-state index contributed by atoms with van der Waals surface area (Å²) in [7, 11) is 1.90. The smallest absolute Gasteiger partial charge is 0.101 e. The van der Waals surface area contributed by atoms with E-state index in [-0.39, 0.29) is 0 Å². The van der Waals surface area contributed by atoms with E-state index in [9.17, 15) is 0 Å². The first-order valence-electron chi connectivity index (χ1n) is 5.95. The van der Waals surface area contributed by atoms with Crippen LogP contribution in [-0.2, 0) is 13.5 Å². The summed E-state index contributed by atoms with van der Waals surface area (Å²) in [5, 5.41) is 16.8. The first-order valence-corrected chi connectivity index (χ1v) is 5.95. The van der Waals surface area contributed by atoms with Crippen LogP contribution in [0.2, 0.25) is 0 Å². The maximum absolute atomic E-state index is 9.14. The molecule has 1 heterocycles. The lowest BCUT2D eigenvalue weighted by Gasteiger charge is -2.10. The van der Waals surface area contributed by atoms with Crippen LogP contribution in [0.4, 0.5) is 11.4 Å². The van der Waals surface area contributed by atoms with Gasteiger partial charge in [-0.15, -0.1) is 0 Å². The molecule has 0 spiro atoms. The third kappa shape index (κ3) is 2.21. The molecule has 92 valence electrons. The summed E-state index contributed by atoms with van der Waals surface area (Å²) in [6.07, 6.45) is 2.80. The van der Waals surface area contributed by atoms with Crippen LogP contribution in [0.25, 0.3) is 0 Å². The van der Waals surface area contributed by atoms with Crippen LogP contribution in [0.5, 0.6) is 0 Å². The van der Waals surface area contributed by atoms with Crippen molar-refractivity contribution < 1.29 is 0 Å². The molecule has 0 unspecified atom stereocenters. The molecule has 0 saturated carbocycles. The van der Waals surface area contributed by atoms with E-state index in [2.05, 4.69) is 23.4 Å². The van der Waals surface area contributed by atoms with E-state index in [4.69, 9.17) is 5.26 Å². The number of hydrogen-bond acceptors (Lipinski definition) is 3. The van der Waals surface area contributed by atoms with Crippen LogP contribution in [0.1, 0.15) is 23.7 Å². The van der Waals surface area contributed by atoms with Gasteiger partial charge in [-0.25, -0.2) is 0 Å². The maximum atomic E-state index is 9.14. The molecule has 1 aromatic heterocycles. The fourth-order valence-electron chi connectivity index (χ4n) is 1.96. The van der Waals surface area contributed by atoms with Crippen molar-refractivity contribution in [2.45, 2.75) is 20.3 Å². The van der Waals surface area contributed by atoms with E-state index in [0.717, 1.165) is 29.1 Å². The van der Waals surface area contributed by atoms with Gasteiger partial charge in [-0.05, 0) is 25.0 Å². The Hall–Kier alpha value is -2.28. The van der Waals surface area contributed by atoms with Crippen molar-refractivity contribution in [2.24, 2.45) is 7.05 Å². The van der Waals surface area contributed by atoms with Crippen molar-refractivity contribution in [3.05, 3.63) is 41.2 Å². The molecular formula is C14H16N4. The van der Waals surface area contributed by atoms with Gasteiger partial charge in [0.15, 0.2) is 0 Å². The Bertz CT molecular complexity index is 605. The standard InChI is InChI=1S/C14H16N4/c1-4-12-13(9-18(3)17-12)16-14-10(2)6-5-7-11(14)8-15/h5-7,9,16H,4H2,1-3H3. The summed E-state index contributed by atoms with van der Waals surface area (Å²) >= 11 is 0. The van der Waals surface area contributed by atoms with Crippen LogP contribution in [0.15, 0.2) is 24.4 Å². The highest BCUT2D eigenvalue weighted by molar-refractivity contribution is 5.70. The molecule has 4 heteroatoms. The number of anilines is 2. The number of nitrogens with one attached hydrogen (secondary N) is 1. The van der Waals surface area contributed by atoms with E-state index in [1.807, 2.05) is 38.4 Å². The molecule has 0 atom stereocenters. The van der Waals surface area contributed by atoms with Crippen molar-refractivity contribution in [1.29, 1.82) is 5.26 Å². The second-order valence-electron chi connectivity index (χ2n) is 4.25. The molecule has 2 rings (SSSR count). The van der Waals surface area contributed by atoms with Crippen LogP contribution < -0.4 is 5.32 Å². The van der Waals surface area contributed by atoms with E-state index in [1.165, 1.54) is 0 Å². The van der Waals surface area contributed by atoms with Gasteiger partial charge in [-0.2, -0.15) is 10.4 Å². The Balaban J connectivity index is 2.43. The van der Waals surface area contributed by atoms with Crippen LogP contribution in [-0.4, -0.2) is 9.78 Å². The molecule has 0 aliphatic carbocycles. The highest BCUT2D eigenvalue weighted by Gasteiger charge is 2.10. The molecule has 1 aromatic carbocycles. The predicted molar refractivity (Wildman–Crippen MR) is 71.8 cm³/mol. The molecule has 0 amide bonds. The lowest BCUT2D eigenvalue weighted by Crippen LogP contribution is -1.98. The normalized spacial score (nSPS) is 10.1. The fraction of sp³-hybridized carbons (Fsp3) is 0.286. The topological polar surface area (TPSA) is 53.6 Å². The van der Waals surface area contributed by atoms with Crippen molar-refractivity contribution >= 4 is 11.4 Å². The highest BCUT2D eigenvalue weighted by atomic mass is 15.3. The number of hydrogen-bond donors (Lipinski definition) is 1. The lowest BCUT2D eigenvalue weighted by molar-refractivity contribution is 0.746. The second kappa shape index (κ2) is 4.92. The Morgan fingerprint density at radius 1 is 1.44 bits per heavy atom. The Morgan fingerprint density at radius 2 is 2.22 bits per heavy atom. The average molecular weight is 240 g/mol. The van der Waals surface area contributed by atoms with Gasteiger partial charge in [0.05, 0.1) is 22.6 Å². The highest BCUT2D eigenvalue weighted by Crippen LogP contribution is 2.26. The maximum Gasteiger partial charge on any atom is 0.101 e. The number of aryl methyl sites for hydroxylation is 3. The first-order chi connectivity index (χ1) is 8.65. The lowest BCUT2D eigenvalue weighted by atomic mass is 10.1. The number of nitriles is 1. The molecule has 1 N–H and O–H groups in total. The number of para-hydroxylation sites is 1. The summed E-state index contributed by atoms with van der Waals surface area (Å²) in [6.45, 7) is 4.06. The summed E-state index contributed by atoms with van der Waals surface area (Å²) in [5.41, 5.74) is 4.54. The molecule has 0 bridgehead atoms. The molecule has 0 aliphatic heterocycles. The molecule has 0 saturated heterocycles. The third-order valence-electron chi connectivity index (χ3n) is 2.89. The molecule has 4 nitrogen and oxygen atoms in total. The van der Waals surface area contributed by atoms with Gasteiger partial charge in [-0.3, -0.25) is 4.68 Å². The molecule has 18 heavy (non-hydrogen) atoms. The van der Waals surface area contributed by atoms with Gasteiger partial charge < -0.3 is 5.32 Å². The minimum atomic E-state index is 0.654. The van der Waals surface area contributed by atoms with Gasteiger partial charge >= 0.3 is 0 Å². The summed E-state index contributed by atoms with van der Waals surface area (Å²) < 4.78 is 1.78. The summed E-state index contributed by atoms with van der Waals surface area (Å²) in [6, 6.07) is 7.91. The SMILES string of the molecule is CCc1nn(C)cc1Nc1c(C)cccc1C#N. The summed E-state index contributed by atoms with van der Waals surface area (Å²) in [4.78, 5) is 0. The molecular weight excluding hydrogens is 224 g/mol. The largest absolute Gasteiger partial charge is 0.351 e. The quantitative estimate of drug-likeness (QED) is 0.897. The van der Waals surface area contributed by atoms with Crippen LogP contribution >= 0.6 is 0 Å². The number of benzene rings is 1. The average Bonchev–Trinajstić information content (AvgIpc) is 2.72. The Labute approximate surface area is 107 Å². The minimum Gasteiger partial charge on any atom is -0.351 e. The van der Waals surface area contributed by atoms with E-state index in [0.29, 0.717) is 5.56 Å². The van der Waals surface area contributed by atoms with Crippen LogP contribution in [0, 0.1) is 18.3 Å². The molecule has 0 radical (unpaired) electrons. The molecule has 0 aliphatic rings. The fourth-order valence-corrected chi connectivity index (χ4v) is 1.96. The van der Waals surface area contributed by atoms with Gasteiger partial charge in [-0.1, -0.05) is 19.1 Å². The second-order valence-corrected chi connectivity index (χ2v) is 4.25. The van der Waals surface area contributed by atoms with E-state index < -0.39 is 0 Å². The van der Waals surface area contributed by atoms with Crippen molar-refractivity contribution in [1.82, 2.24) is 9.78 Å². The zero-order valence-corrected chi connectivity index (χ0v) is 10.9. The predicted octanol–water partition coefficient (Wildman–Crippen LogP) is 2.91. The number of nitrogens with zero attached hydrogens (tertiary/aromatic N) is 3. The van der Waals surface area contributed by atoms with E-state index in [1.54, 1.807) is 4.68 Å². The Kier molecular flexibility index (Phi) is 3.33. The van der Waals surface area contributed by atoms with Crippen molar-refractivity contribution in [3.8, 4) is 6.07 Å². The van der Waals surface area contributed by atoms with Gasteiger partial charge in [0.25, 0.3) is 0 Å². The zero-order valence-electron chi connectivity index (χ0n) is 10.9. The van der Waals surface area contributed by atoms with E-state index >= 15 is 0 Å². The number of rotatable bonds is 3. The third-order valence-corrected chi connectivity index (χ3v) is 2.89. The van der Waals surface area contributed by atoms with Gasteiger partial charge in [0.2, 0.25) is 0 Å². The van der Waals surface area contributed by atoms with Crippen LogP contribution in [0.3, 0.4) is 0 Å². The monoisotopic (exact) mass is 240 g/mol.